The predicted octanol–water partition coefficient (Wildman–Crippen LogP) is 2.97. The Morgan fingerprint density at radius 1 is 1.27 bits per heavy atom. The minimum atomic E-state index is 0.0883. The zero-order chi connectivity index (χ0) is 15.4. The molecule has 0 bridgehead atoms. The Morgan fingerprint density at radius 3 is 2.95 bits per heavy atom. The number of fused-ring (bicyclic) bond motifs is 1. The van der Waals surface area contributed by atoms with Crippen LogP contribution >= 0.6 is 11.8 Å². The highest BCUT2D eigenvalue weighted by Crippen LogP contribution is 2.21. The van der Waals surface area contributed by atoms with Crippen LogP contribution < -0.4 is 0 Å². The number of carbonyl (C=O) groups is 1. The number of rotatable bonds is 4. The van der Waals surface area contributed by atoms with E-state index in [0.717, 1.165) is 6.42 Å². The molecule has 1 aliphatic heterocycles. The Labute approximate surface area is 135 Å². The first-order valence-electron chi connectivity index (χ1n) is 7.63. The summed E-state index contributed by atoms with van der Waals surface area (Å²) in [4.78, 5) is 14.0. The Morgan fingerprint density at radius 2 is 2.09 bits per heavy atom. The van der Waals surface area contributed by atoms with E-state index in [1.54, 1.807) is 11.8 Å². The molecule has 4 heteroatoms. The van der Waals surface area contributed by atoms with E-state index in [2.05, 4.69) is 42.5 Å². The van der Waals surface area contributed by atoms with E-state index in [1.165, 1.54) is 16.3 Å². The summed E-state index contributed by atoms with van der Waals surface area (Å²) in [5.74, 6) is 0.778. The van der Waals surface area contributed by atoms with Gasteiger partial charge in [-0.15, -0.1) is 0 Å². The SMILES string of the molecule is CSCC(=O)N1CCO[C@H](Cc2cccc3ccccc23)C1. The van der Waals surface area contributed by atoms with Gasteiger partial charge in [0.25, 0.3) is 0 Å². The van der Waals surface area contributed by atoms with Gasteiger partial charge in [0, 0.05) is 19.5 Å². The molecule has 0 aliphatic carbocycles. The molecule has 1 aliphatic rings. The molecule has 0 unspecified atom stereocenters. The number of carbonyl (C=O) groups excluding carboxylic acids is 1. The molecule has 0 spiro atoms. The van der Waals surface area contributed by atoms with Gasteiger partial charge in [-0.3, -0.25) is 4.79 Å². The number of hydrogen-bond donors (Lipinski definition) is 0. The fourth-order valence-electron chi connectivity index (χ4n) is 3.00. The van der Waals surface area contributed by atoms with Crippen molar-refractivity contribution < 1.29 is 9.53 Å². The Bertz CT molecular complexity index is 653. The van der Waals surface area contributed by atoms with Crippen LogP contribution in [0.15, 0.2) is 42.5 Å². The fourth-order valence-corrected chi connectivity index (χ4v) is 3.43. The number of thioether (sulfide) groups is 1. The number of morpholine rings is 1. The van der Waals surface area contributed by atoms with Crippen LogP contribution in [-0.2, 0) is 16.0 Å². The van der Waals surface area contributed by atoms with Crippen molar-refractivity contribution in [2.45, 2.75) is 12.5 Å². The molecule has 0 radical (unpaired) electrons. The van der Waals surface area contributed by atoms with E-state index in [4.69, 9.17) is 4.74 Å². The highest BCUT2D eigenvalue weighted by Gasteiger charge is 2.24. The lowest BCUT2D eigenvalue weighted by atomic mass is 9.99. The van der Waals surface area contributed by atoms with E-state index in [1.807, 2.05) is 11.2 Å². The number of benzene rings is 2. The molecular formula is C18H21NO2S. The molecule has 2 aromatic rings. The maximum atomic E-state index is 12.1. The van der Waals surface area contributed by atoms with E-state index in [9.17, 15) is 4.79 Å². The second-order valence-corrected chi connectivity index (χ2v) is 6.47. The van der Waals surface area contributed by atoms with Crippen molar-refractivity contribution in [1.29, 1.82) is 0 Å². The summed E-state index contributed by atoms with van der Waals surface area (Å²) >= 11 is 1.58. The molecule has 1 fully saturated rings. The van der Waals surface area contributed by atoms with Gasteiger partial charge in [-0.2, -0.15) is 11.8 Å². The molecule has 0 saturated carbocycles. The highest BCUT2D eigenvalue weighted by atomic mass is 32.2. The zero-order valence-electron chi connectivity index (χ0n) is 12.8. The molecule has 1 amide bonds. The van der Waals surface area contributed by atoms with Crippen molar-refractivity contribution in [3.8, 4) is 0 Å². The van der Waals surface area contributed by atoms with Crippen molar-refractivity contribution in [2.75, 3.05) is 31.7 Å². The maximum absolute atomic E-state index is 12.1. The Balaban J connectivity index is 1.73. The lowest BCUT2D eigenvalue weighted by Crippen LogP contribution is -2.47. The molecule has 1 atom stereocenters. The van der Waals surface area contributed by atoms with E-state index >= 15 is 0 Å². The predicted molar refractivity (Wildman–Crippen MR) is 92.4 cm³/mol. The summed E-state index contributed by atoms with van der Waals surface area (Å²) in [5.41, 5.74) is 1.29. The van der Waals surface area contributed by atoms with Crippen LogP contribution in [-0.4, -0.2) is 48.6 Å². The second-order valence-electron chi connectivity index (χ2n) is 5.61. The summed E-state index contributed by atoms with van der Waals surface area (Å²) in [6.07, 6.45) is 2.90. The summed E-state index contributed by atoms with van der Waals surface area (Å²) in [7, 11) is 0. The molecule has 3 nitrogen and oxygen atoms in total. The van der Waals surface area contributed by atoms with Crippen molar-refractivity contribution in [2.24, 2.45) is 0 Å². The third-order valence-electron chi connectivity index (χ3n) is 4.09. The molecule has 0 aromatic heterocycles. The van der Waals surface area contributed by atoms with Crippen LogP contribution in [0.5, 0.6) is 0 Å². The van der Waals surface area contributed by atoms with Gasteiger partial charge in [0.05, 0.1) is 18.5 Å². The van der Waals surface area contributed by atoms with Crippen molar-refractivity contribution >= 4 is 28.4 Å². The van der Waals surface area contributed by atoms with Gasteiger partial charge in [0.1, 0.15) is 0 Å². The first kappa shape index (κ1) is 15.4. The molecule has 1 heterocycles. The van der Waals surface area contributed by atoms with Crippen LogP contribution in [0.3, 0.4) is 0 Å². The van der Waals surface area contributed by atoms with Gasteiger partial charge in [-0.25, -0.2) is 0 Å². The third-order valence-corrected chi connectivity index (χ3v) is 4.62. The van der Waals surface area contributed by atoms with Gasteiger partial charge in [0.2, 0.25) is 5.91 Å². The summed E-state index contributed by atoms with van der Waals surface area (Å²) in [6, 6.07) is 14.8. The third kappa shape index (κ3) is 3.45. The van der Waals surface area contributed by atoms with Crippen molar-refractivity contribution in [3.63, 3.8) is 0 Å². The van der Waals surface area contributed by atoms with Gasteiger partial charge in [-0.05, 0) is 22.6 Å². The average Bonchev–Trinajstić information content (AvgIpc) is 2.56. The van der Waals surface area contributed by atoms with E-state index in [0.29, 0.717) is 25.4 Å². The first-order valence-corrected chi connectivity index (χ1v) is 9.02. The first-order chi connectivity index (χ1) is 10.8. The van der Waals surface area contributed by atoms with Gasteiger partial charge >= 0.3 is 0 Å². The number of ether oxygens (including phenoxy) is 1. The largest absolute Gasteiger partial charge is 0.374 e. The van der Waals surface area contributed by atoms with E-state index < -0.39 is 0 Å². The number of amides is 1. The average molecular weight is 315 g/mol. The minimum absolute atomic E-state index is 0.0883. The lowest BCUT2D eigenvalue weighted by Gasteiger charge is -2.33. The molecule has 2 aromatic carbocycles. The van der Waals surface area contributed by atoms with Crippen molar-refractivity contribution in [3.05, 3.63) is 48.0 Å². The summed E-state index contributed by atoms with van der Waals surface area (Å²) < 4.78 is 5.89. The zero-order valence-corrected chi connectivity index (χ0v) is 13.6. The van der Waals surface area contributed by atoms with Crippen LogP contribution in [0, 0.1) is 0 Å². The van der Waals surface area contributed by atoms with Crippen LogP contribution in [0.1, 0.15) is 5.56 Å². The summed E-state index contributed by atoms with van der Waals surface area (Å²) in [6.45, 7) is 2.05. The normalized spacial score (nSPS) is 18.6. The van der Waals surface area contributed by atoms with Gasteiger partial charge in [0.15, 0.2) is 0 Å². The topological polar surface area (TPSA) is 29.5 Å². The quantitative estimate of drug-likeness (QED) is 0.869. The van der Waals surface area contributed by atoms with Gasteiger partial charge < -0.3 is 9.64 Å². The molecule has 1 saturated heterocycles. The number of hydrogen-bond acceptors (Lipinski definition) is 3. The minimum Gasteiger partial charge on any atom is -0.374 e. The lowest BCUT2D eigenvalue weighted by molar-refractivity contribution is -0.135. The highest BCUT2D eigenvalue weighted by molar-refractivity contribution is 7.99. The standard InChI is InChI=1S/C18H21NO2S/c1-22-13-18(20)19-9-10-21-16(12-19)11-15-7-4-6-14-5-2-3-8-17(14)15/h2-8,16H,9-13H2,1H3/t16-/m1/s1. The van der Waals surface area contributed by atoms with Crippen LogP contribution in [0.2, 0.25) is 0 Å². The van der Waals surface area contributed by atoms with E-state index in [-0.39, 0.29) is 12.0 Å². The molecular weight excluding hydrogens is 294 g/mol. The molecule has 0 N–H and O–H groups in total. The monoisotopic (exact) mass is 315 g/mol. The smallest absolute Gasteiger partial charge is 0.232 e. The maximum Gasteiger partial charge on any atom is 0.232 e. The molecule has 116 valence electrons. The van der Waals surface area contributed by atoms with Gasteiger partial charge in [-0.1, -0.05) is 42.5 Å². The fraction of sp³-hybridized carbons (Fsp3) is 0.389. The second kappa shape index (κ2) is 7.16. The number of nitrogens with zero attached hydrogens (tertiary/aromatic N) is 1. The Hall–Kier alpha value is -1.52. The molecule has 22 heavy (non-hydrogen) atoms. The van der Waals surface area contributed by atoms with Crippen LogP contribution in [0.4, 0.5) is 0 Å². The Kier molecular flexibility index (Phi) is 5.01. The summed E-state index contributed by atoms with van der Waals surface area (Å²) in [5, 5.41) is 2.53. The van der Waals surface area contributed by atoms with Crippen molar-refractivity contribution in [1.82, 2.24) is 4.90 Å². The molecule has 3 rings (SSSR count). The van der Waals surface area contributed by atoms with Crippen LogP contribution in [0.25, 0.3) is 10.8 Å².